The molecular weight excluding hydrogens is 190 g/mol. The van der Waals surface area contributed by atoms with Crippen LogP contribution in [0, 0.1) is 12.3 Å². The van der Waals surface area contributed by atoms with Crippen molar-refractivity contribution in [2.45, 2.75) is 6.92 Å². The normalized spacial score (nSPS) is 9.07. The van der Waals surface area contributed by atoms with Crippen molar-refractivity contribution < 1.29 is 9.53 Å². The molecule has 0 aliphatic heterocycles. The zero-order valence-corrected chi connectivity index (χ0v) is 8.62. The van der Waals surface area contributed by atoms with Crippen LogP contribution in [0.5, 0.6) is 0 Å². The predicted octanol–water partition coefficient (Wildman–Crippen LogP) is 1.91. The van der Waals surface area contributed by atoms with Crippen LogP contribution in [0.15, 0.2) is 24.3 Å². The lowest BCUT2D eigenvalue weighted by atomic mass is 10.2. The molecular formula is C12H13NO2. The van der Waals surface area contributed by atoms with Crippen LogP contribution in [0.3, 0.4) is 0 Å². The highest BCUT2D eigenvalue weighted by Gasteiger charge is 2.05. The Hall–Kier alpha value is -1.95. The van der Waals surface area contributed by atoms with Gasteiger partial charge >= 0.3 is 5.97 Å². The molecule has 0 atom stereocenters. The van der Waals surface area contributed by atoms with Crippen molar-refractivity contribution >= 4 is 11.7 Å². The first kappa shape index (κ1) is 11.1. The molecule has 0 amide bonds. The zero-order valence-electron chi connectivity index (χ0n) is 8.62. The van der Waals surface area contributed by atoms with Gasteiger partial charge in [0.2, 0.25) is 0 Å². The second-order valence-corrected chi connectivity index (χ2v) is 2.86. The molecule has 0 aliphatic rings. The van der Waals surface area contributed by atoms with Crippen LogP contribution >= 0.6 is 0 Å². The maximum atomic E-state index is 11.4. The highest BCUT2D eigenvalue weighted by Crippen LogP contribution is 2.11. The third-order valence-corrected chi connectivity index (χ3v) is 1.77. The molecule has 0 aliphatic carbocycles. The summed E-state index contributed by atoms with van der Waals surface area (Å²) in [4.78, 5) is 11.4. The van der Waals surface area contributed by atoms with Crippen molar-refractivity contribution in [1.82, 2.24) is 0 Å². The van der Waals surface area contributed by atoms with Crippen molar-refractivity contribution in [3.05, 3.63) is 29.8 Å². The number of rotatable bonds is 4. The van der Waals surface area contributed by atoms with Gasteiger partial charge in [-0.15, -0.1) is 6.42 Å². The molecule has 0 unspecified atom stereocenters. The molecule has 1 N–H and O–H groups in total. The number of carbonyl (C=O) groups is 1. The fraction of sp³-hybridized carbons (Fsp3) is 0.250. The second kappa shape index (κ2) is 5.71. The maximum absolute atomic E-state index is 11.4. The van der Waals surface area contributed by atoms with Crippen LogP contribution < -0.4 is 5.32 Å². The maximum Gasteiger partial charge on any atom is 0.338 e. The van der Waals surface area contributed by atoms with Crippen molar-refractivity contribution in [2.75, 3.05) is 18.5 Å². The summed E-state index contributed by atoms with van der Waals surface area (Å²) in [5.74, 6) is 2.15. The lowest BCUT2D eigenvalue weighted by molar-refractivity contribution is 0.0526. The van der Waals surface area contributed by atoms with E-state index in [4.69, 9.17) is 11.2 Å². The Morgan fingerprint density at radius 1 is 1.60 bits per heavy atom. The minimum atomic E-state index is -0.318. The molecule has 15 heavy (non-hydrogen) atoms. The molecule has 0 saturated heterocycles. The zero-order chi connectivity index (χ0) is 11.1. The van der Waals surface area contributed by atoms with Crippen LogP contribution in [0.4, 0.5) is 5.69 Å². The number of terminal acetylenes is 1. The van der Waals surface area contributed by atoms with E-state index >= 15 is 0 Å². The van der Waals surface area contributed by atoms with E-state index in [1.807, 2.05) is 6.07 Å². The number of carbonyl (C=O) groups excluding carboxylic acids is 1. The Labute approximate surface area is 89.4 Å². The van der Waals surface area contributed by atoms with Gasteiger partial charge in [-0.2, -0.15) is 0 Å². The molecule has 0 aromatic heterocycles. The number of benzene rings is 1. The number of hydrogen-bond acceptors (Lipinski definition) is 3. The number of nitrogens with one attached hydrogen (secondary N) is 1. The van der Waals surface area contributed by atoms with Crippen molar-refractivity contribution in [3.63, 3.8) is 0 Å². The largest absolute Gasteiger partial charge is 0.462 e. The van der Waals surface area contributed by atoms with Crippen LogP contribution in [0.1, 0.15) is 17.3 Å². The molecule has 3 nitrogen and oxygen atoms in total. The van der Waals surface area contributed by atoms with Crippen molar-refractivity contribution in [3.8, 4) is 12.3 Å². The molecule has 1 rings (SSSR count). The summed E-state index contributed by atoms with van der Waals surface area (Å²) in [5, 5.41) is 2.99. The van der Waals surface area contributed by atoms with E-state index in [2.05, 4.69) is 11.2 Å². The van der Waals surface area contributed by atoms with Gasteiger partial charge in [0.15, 0.2) is 0 Å². The molecule has 78 valence electrons. The number of esters is 1. The van der Waals surface area contributed by atoms with Gasteiger partial charge in [0.1, 0.15) is 0 Å². The minimum Gasteiger partial charge on any atom is -0.462 e. The Morgan fingerprint density at radius 3 is 3.07 bits per heavy atom. The summed E-state index contributed by atoms with van der Waals surface area (Å²) < 4.78 is 4.88. The molecule has 1 aromatic carbocycles. The molecule has 0 fully saturated rings. The van der Waals surface area contributed by atoms with Crippen LogP contribution in [-0.2, 0) is 4.74 Å². The van der Waals surface area contributed by atoms with Crippen LogP contribution in [0.25, 0.3) is 0 Å². The second-order valence-electron chi connectivity index (χ2n) is 2.86. The molecule has 0 heterocycles. The fourth-order valence-electron chi connectivity index (χ4n) is 1.12. The standard InChI is InChI=1S/C12H13NO2/c1-3-8-13-11-7-5-6-10(9-11)12(14)15-4-2/h1,5-7,9,13H,4,8H2,2H3. The monoisotopic (exact) mass is 203 g/mol. The van der Waals surface area contributed by atoms with Gasteiger partial charge in [-0.3, -0.25) is 0 Å². The first-order valence-corrected chi connectivity index (χ1v) is 4.72. The summed E-state index contributed by atoms with van der Waals surface area (Å²) in [5.41, 5.74) is 1.34. The average molecular weight is 203 g/mol. The first-order valence-electron chi connectivity index (χ1n) is 4.72. The van der Waals surface area contributed by atoms with E-state index in [0.717, 1.165) is 5.69 Å². The summed E-state index contributed by atoms with van der Waals surface area (Å²) in [6.07, 6.45) is 5.12. The van der Waals surface area contributed by atoms with Crippen molar-refractivity contribution in [1.29, 1.82) is 0 Å². The molecule has 0 bridgehead atoms. The van der Waals surface area contributed by atoms with Gasteiger partial charge in [0, 0.05) is 5.69 Å². The predicted molar refractivity (Wildman–Crippen MR) is 59.7 cm³/mol. The molecule has 0 saturated carbocycles. The average Bonchev–Trinajstić information content (AvgIpc) is 2.27. The minimum absolute atomic E-state index is 0.318. The van der Waals surface area contributed by atoms with Gasteiger partial charge in [-0.1, -0.05) is 12.0 Å². The molecule has 3 heteroatoms. The lowest BCUT2D eigenvalue weighted by Gasteiger charge is -2.05. The Morgan fingerprint density at radius 2 is 2.40 bits per heavy atom. The summed E-state index contributed by atoms with van der Waals surface area (Å²) in [7, 11) is 0. The van der Waals surface area contributed by atoms with E-state index in [0.29, 0.717) is 18.7 Å². The third kappa shape index (κ3) is 3.35. The van der Waals surface area contributed by atoms with E-state index < -0.39 is 0 Å². The number of ether oxygens (including phenoxy) is 1. The quantitative estimate of drug-likeness (QED) is 0.600. The SMILES string of the molecule is C#CCNc1cccc(C(=O)OCC)c1. The Bertz CT molecular complexity index is 379. The highest BCUT2D eigenvalue weighted by molar-refractivity contribution is 5.90. The lowest BCUT2D eigenvalue weighted by Crippen LogP contribution is -2.05. The first-order chi connectivity index (χ1) is 7.27. The van der Waals surface area contributed by atoms with Gasteiger partial charge in [0.05, 0.1) is 18.7 Å². The molecule has 0 radical (unpaired) electrons. The number of anilines is 1. The summed E-state index contributed by atoms with van der Waals surface area (Å²) in [6.45, 7) is 2.59. The molecule has 1 aromatic rings. The fourth-order valence-corrected chi connectivity index (χ4v) is 1.12. The van der Waals surface area contributed by atoms with E-state index in [-0.39, 0.29) is 5.97 Å². The number of hydrogen-bond donors (Lipinski definition) is 1. The van der Waals surface area contributed by atoms with Gasteiger partial charge in [-0.25, -0.2) is 4.79 Å². The van der Waals surface area contributed by atoms with Crippen LogP contribution in [0.2, 0.25) is 0 Å². The summed E-state index contributed by atoms with van der Waals surface area (Å²) >= 11 is 0. The van der Waals surface area contributed by atoms with Crippen LogP contribution in [-0.4, -0.2) is 19.1 Å². The Kier molecular flexibility index (Phi) is 4.24. The summed E-state index contributed by atoms with van der Waals surface area (Å²) in [6, 6.07) is 7.06. The topological polar surface area (TPSA) is 38.3 Å². The van der Waals surface area contributed by atoms with Gasteiger partial charge < -0.3 is 10.1 Å². The van der Waals surface area contributed by atoms with E-state index in [9.17, 15) is 4.79 Å². The molecule has 0 spiro atoms. The van der Waals surface area contributed by atoms with Gasteiger partial charge in [-0.05, 0) is 25.1 Å². The van der Waals surface area contributed by atoms with E-state index in [1.54, 1.807) is 25.1 Å². The highest BCUT2D eigenvalue weighted by atomic mass is 16.5. The smallest absolute Gasteiger partial charge is 0.338 e. The van der Waals surface area contributed by atoms with E-state index in [1.165, 1.54) is 0 Å². The van der Waals surface area contributed by atoms with Gasteiger partial charge in [0.25, 0.3) is 0 Å². The third-order valence-electron chi connectivity index (χ3n) is 1.77. The van der Waals surface area contributed by atoms with Crippen molar-refractivity contribution in [2.24, 2.45) is 0 Å². The Balaban J connectivity index is 2.74.